The Kier molecular flexibility index (Phi) is 9.91. The van der Waals surface area contributed by atoms with Crippen molar-refractivity contribution in [1.82, 2.24) is 0 Å². The van der Waals surface area contributed by atoms with Gasteiger partial charge in [0.2, 0.25) is 3.24 Å². The van der Waals surface area contributed by atoms with Crippen molar-refractivity contribution in [3.05, 3.63) is 0 Å². The predicted molar refractivity (Wildman–Crippen MR) is 58.8 cm³/mol. The van der Waals surface area contributed by atoms with Gasteiger partial charge in [-0.3, -0.25) is 13.6 Å². The van der Waals surface area contributed by atoms with E-state index in [2.05, 4.69) is 40.9 Å². The number of phosphoric ester groups is 1. The van der Waals surface area contributed by atoms with Crippen molar-refractivity contribution < 1.29 is 35.2 Å². The van der Waals surface area contributed by atoms with Gasteiger partial charge in [0.05, 0.1) is 0 Å². The number of phosphoric acid groups is 1. The summed E-state index contributed by atoms with van der Waals surface area (Å²) in [4.78, 5) is 0. The van der Waals surface area contributed by atoms with E-state index < -0.39 is 16.1 Å². The van der Waals surface area contributed by atoms with E-state index in [1.807, 2.05) is 0 Å². The average Bonchev–Trinajstić information content (AvgIpc) is 2.02. The molecule has 0 N–H and O–H groups in total. The van der Waals surface area contributed by atoms with Crippen LogP contribution in [0.3, 0.4) is 0 Å². The molecule has 0 saturated heterocycles. The minimum absolute atomic E-state index is 0. The molecule has 0 saturated carbocycles. The van der Waals surface area contributed by atoms with Crippen molar-refractivity contribution in [3.8, 4) is 0 Å². The van der Waals surface area contributed by atoms with Crippen molar-refractivity contribution in [2.24, 2.45) is 0 Å². The largest absolute Gasteiger partial charge is 0.475 e. The van der Waals surface area contributed by atoms with Crippen LogP contribution in [0.4, 0.5) is 0 Å². The number of alkyl halides is 4. The van der Waals surface area contributed by atoms with E-state index in [1.54, 1.807) is 0 Å². The third-order valence-electron chi connectivity index (χ3n) is 0.926. The topological polar surface area (TPSA) is 44.8 Å². The molecule has 14 heavy (non-hydrogen) atoms. The summed E-state index contributed by atoms with van der Waals surface area (Å²) in [7, 11) is -1.21. The van der Waals surface area contributed by atoms with Gasteiger partial charge in [-0.2, -0.15) is 0 Å². The summed E-state index contributed by atoms with van der Waals surface area (Å²) >= 11 is 17.0. The Hall–Kier alpha value is 2.17. The molecule has 10 heteroatoms. The average molecular weight is 436 g/mol. The Bertz CT molecular complexity index is 206. The van der Waals surface area contributed by atoms with Gasteiger partial charge in [-0.15, -0.1) is 0 Å². The second kappa shape index (κ2) is 7.49. The number of hydrogen-bond acceptors (Lipinski definition) is 4. The van der Waals surface area contributed by atoms with Crippen molar-refractivity contribution in [1.29, 1.82) is 0 Å². The first-order valence-electron chi connectivity index (χ1n) is 2.86. The van der Waals surface area contributed by atoms with Gasteiger partial charge in [-0.25, -0.2) is 4.57 Å². The zero-order chi connectivity index (χ0) is 10.7. The maximum atomic E-state index is 11.4. The molecular formula is C4H7Br2Cl2MnO4P. The Balaban J connectivity index is 0. The van der Waals surface area contributed by atoms with E-state index in [0.29, 0.717) is 0 Å². The van der Waals surface area contributed by atoms with Crippen LogP contribution in [-0.2, 0) is 35.2 Å². The fourth-order valence-corrected chi connectivity index (χ4v) is 2.11. The third-order valence-corrected chi connectivity index (χ3v) is 5.41. The molecule has 1 atom stereocenters. The van der Waals surface area contributed by atoms with Crippen LogP contribution in [0.5, 0.6) is 0 Å². The zero-order valence-corrected chi connectivity index (χ0v) is 13.8. The van der Waals surface area contributed by atoms with Gasteiger partial charge in [0.1, 0.15) is 0 Å². The van der Waals surface area contributed by atoms with Crippen LogP contribution >= 0.6 is 62.9 Å². The molecule has 0 aromatic carbocycles. The second-order valence-corrected chi connectivity index (χ2v) is 7.99. The summed E-state index contributed by atoms with van der Waals surface area (Å²) in [6.45, 7) is 0. The minimum Gasteiger partial charge on any atom is -0.290 e. The van der Waals surface area contributed by atoms with Crippen molar-refractivity contribution in [3.63, 3.8) is 0 Å². The molecule has 0 aromatic heterocycles. The van der Waals surface area contributed by atoms with Crippen molar-refractivity contribution in [2.75, 3.05) is 14.2 Å². The molecule has 1 unspecified atom stereocenters. The van der Waals surface area contributed by atoms with Crippen LogP contribution in [0.1, 0.15) is 0 Å². The normalized spacial score (nSPS) is 14.7. The fraction of sp³-hybridized carbons (Fsp3) is 1.00. The van der Waals surface area contributed by atoms with Crippen LogP contribution in [0, 0.1) is 0 Å². The number of hydrogen-bond donors (Lipinski definition) is 0. The molecule has 0 aromatic rings. The molecule has 0 aliphatic carbocycles. The first-order chi connectivity index (χ1) is 5.75. The van der Waals surface area contributed by atoms with Gasteiger partial charge >= 0.3 is 7.82 Å². The molecule has 0 spiro atoms. The van der Waals surface area contributed by atoms with Gasteiger partial charge in [0.25, 0.3) is 0 Å². The third kappa shape index (κ3) is 6.69. The molecule has 0 amide bonds. The fourth-order valence-electron chi connectivity index (χ4n) is 0.334. The van der Waals surface area contributed by atoms with E-state index in [9.17, 15) is 4.57 Å². The molecule has 0 heterocycles. The molecule has 0 bridgehead atoms. The minimum atomic E-state index is -3.58. The summed E-state index contributed by atoms with van der Waals surface area (Å²) in [6.07, 6.45) is 0. The predicted octanol–water partition coefficient (Wildman–Crippen LogP) is 3.65. The standard InChI is InChI=1S/C4H7Br2Cl2O4P.Mn/c1-10-13(9,11-2)12-3(5)4(6,7)8;/h3H,1-2H3;. The Morgan fingerprint density at radius 2 is 1.71 bits per heavy atom. The van der Waals surface area contributed by atoms with Crippen LogP contribution in [0.15, 0.2) is 0 Å². The Labute approximate surface area is 120 Å². The van der Waals surface area contributed by atoms with E-state index in [0.717, 1.165) is 0 Å². The van der Waals surface area contributed by atoms with Crippen molar-refractivity contribution in [2.45, 2.75) is 8.26 Å². The molecule has 0 rings (SSSR count). The second-order valence-electron chi connectivity index (χ2n) is 1.78. The van der Waals surface area contributed by atoms with E-state index in [-0.39, 0.29) is 17.1 Å². The van der Waals surface area contributed by atoms with Crippen molar-refractivity contribution >= 4 is 62.9 Å². The van der Waals surface area contributed by atoms with E-state index in [1.165, 1.54) is 14.2 Å². The molecule has 0 aliphatic rings. The quantitative estimate of drug-likeness (QED) is 0.376. The van der Waals surface area contributed by atoms with E-state index in [4.69, 9.17) is 27.7 Å². The van der Waals surface area contributed by atoms with Crippen LogP contribution < -0.4 is 0 Å². The van der Waals surface area contributed by atoms with Crippen LogP contribution in [0.2, 0.25) is 0 Å². The van der Waals surface area contributed by atoms with Gasteiger partial charge in [0.15, 0.2) is 5.01 Å². The molecule has 87 valence electrons. The molecule has 0 aliphatic heterocycles. The van der Waals surface area contributed by atoms with E-state index >= 15 is 0 Å². The first kappa shape index (κ1) is 18.5. The smallest absolute Gasteiger partial charge is 0.290 e. The van der Waals surface area contributed by atoms with Crippen LogP contribution in [-0.4, -0.2) is 22.5 Å². The van der Waals surface area contributed by atoms with Gasteiger partial charge in [-0.1, -0.05) is 39.1 Å². The van der Waals surface area contributed by atoms with Gasteiger partial charge in [-0.05, 0) is 15.9 Å². The summed E-state index contributed by atoms with van der Waals surface area (Å²) in [5, 5.41) is -0.936. The first-order valence-corrected chi connectivity index (χ1v) is 6.78. The Morgan fingerprint density at radius 1 is 1.36 bits per heavy atom. The SMILES string of the molecule is COP(=O)(OC)OC(Br)C(Cl)(Cl)Br.[Mn]. The molecular weight excluding hydrogens is 429 g/mol. The maximum absolute atomic E-state index is 11.4. The van der Waals surface area contributed by atoms with Gasteiger partial charge < -0.3 is 0 Å². The molecule has 0 fully saturated rings. The summed E-state index contributed by atoms with van der Waals surface area (Å²) in [5.74, 6) is 0. The zero-order valence-electron chi connectivity index (χ0n) is 7.05. The Morgan fingerprint density at radius 3 is 1.93 bits per heavy atom. The molecule has 4 nitrogen and oxygen atoms in total. The van der Waals surface area contributed by atoms with Gasteiger partial charge in [0, 0.05) is 31.3 Å². The maximum Gasteiger partial charge on any atom is 0.475 e. The number of rotatable bonds is 5. The summed E-state index contributed by atoms with van der Waals surface area (Å²) in [5.41, 5.74) is 0. The molecule has 1 radical (unpaired) electrons. The van der Waals surface area contributed by atoms with Crippen LogP contribution in [0.25, 0.3) is 0 Å². The summed E-state index contributed by atoms with van der Waals surface area (Å²) < 4.78 is 23.8. The number of halogens is 4. The monoisotopic (exact) mass is 433 g/mol. The summed E-state index contributed by atoms with van der Waals surface area (Å²) in [6, 6.07) is 0.